The van der Waals surface area contributed by atoms with E-state index in [9.17, 15) is 13.2 Å². The highest BCUT2D eigenvalue weighted by atomic mass is 32.2. The zero-order chi connectivity index (χ0) is 20.0. The fourth-order valence-electron chi connectivity index (χ4n) is 4.49. The molecule has 1 fully saturated rings. The van der Waals surface area contributed by atoms with Gasteiger partial charge in [-0.3, -0.25) is 4.79 Å². The maximum atomic E-state index is 12.7. The summed E-state index contributed by atoms with van der Waals surface area (Å²) in [5, 5.41) is 2.88. The van der Waals surface area contributed by atoms with Gasteiger partial charge in [0.15, 0.2) is 0 Å². The normalized spacial score (nSPS) is 23.2. The molecule has 28 heavy (non-hydrogen) atoms. The van der Waals surface area contributed by atoms with Crippen molar-refractivity contribution in [3.05, 3.63) is 35.4 Å². The highest BCUT2D eigenvalue weighted by Crippen LogP contribution is 2.32. The Kier molecular flexibility index (Phi) is 7.52. The maximum absolute atomic E-state index is 12.7. The van der Waals surface area contributed by atoms with Crippen LogP contribution in [0.1, 0.15) is 63.0 Å². The average Bonchev–Trinajstić information content (AvgIpc) is 2.72. The molecule has 1 aliphatic heterocycles. The molecular formula is C22H34N2O3S. The average molecular weight is 407 g/mol. The third-order valence-electron chi connectivity index (χ3n) is 6.33. The Morgan fingerprint density at radius 2 is 1.86 bits per heavy atom. The number of nitrogens with zero attached hydrogens (tertiary/aromatic N) is 1. The van der Waals surface area contributed by atoms with E-state index in [2.05, 4.69) is 18.3 Å². The van der Waals surface area contributed by atoms with Crippen LogP contribution in [0.3, 0.4) is 0 Å². The van der Waals surface area contributed by atoms with E-state index in [1.807, 2.05) is 18.2 Å². The quantitative estimate of drug-likeness (QED) is 0.719. The number of rotatable bonds is 8. The van der Waals surface area contributed by atoms with Crippen LogP contribution in [0.4, 0.5) is 0 Å². The number of amides is 1. The molecule has 0 unspecified atom stereocenters. The smallest absolute Gasteiger partial charge is 0.223 e. The van der Waals surface area contributed by atoms with Gasteiger partial charge in [0, 0.05) is 25.6 Å². The van der Waals surface area contributed by atoms with Gasteiger partial charge in [-0.15, -0.1) is 0 Å². The summed E-state index contributed by atoms with van der Waals surface area (Å²) >= 11 is 0. The van der Waals surface area contributed by atoms with E-state index in [0.717, 1.165) is 43.6 Å². The molecule has 1 aromatic carbocycles. The van der Waals surface area contributed by atoms with Crippen LogP contribution in [-0.4, -0.2) is 37.5 Å². The summed E-state index contributed by atoms with van der Waals surface area (Å²) in [6, 6.07) is 8.01. The second kappa shape index (κ2) is 9.88. The Morgan fingerprint density at radius 3 is 2.57 bits per heavy atom. The minimum Gasteiger partial charge on any atom is -0.355 e. The number of fused-ring (bicyclic) bond motifs is 1. The van der Waals surface area contributed by atoms with Crippen LogP contribution in [-0.2, 0) is 27.8 Å². The third kappa shape index (κ3) is 5.57. The number of unbranched alkanes of at least 4 members (excludes halogenated alkanes) is 1. The fraction of sp³-hybridized carbons (Fsp3) is 0.682. The van der Waals surface area contributed by atoms with Gasteiger partial charge in [-0.05, 0) is 49.1 Å². The summed E-state index contributed by atoms with van der Waals surface area (Å²) in [7, 11) is -3.35. The lowest BCUT2D eigenvalue weighted by atomic mass is 9.79. The number of nitrogens with one attached hydrogen (secondary N) is 1. The van der Waals surface area contributed by atoms with Crippen molar-refractivity contribution in [2.24, 2.45) is 11.8 Å². The number of carbonyl (C=O) groups excluding carboxylic acids is 1. The second-order valence-corrected chi connectivity index (χ2v) is 10.4. The molecule has 156 valence electrons. The summed E-state index contributed by atoms with van der Waals surface area (Å²) < 4.78 is 26.9. The van der Waals surface area contributed by atoms with Crippen LogP contribution in [0.2, 0.25) is 0 Å². The molecule has 0 bridgehead atoms. The van der Waals surface area contributed by atoms with Gasteiger partial charge < -0.3 is 5.32 Å². The van der Waals surface area contributed by atoms with Gasteiger partial charge in [-0.25, -0.2) is 8.42 Å². The van der Waals surface area contributed by atoms with Gasteiger partial charge in [-0.1, -0.05) is 50.5 Å². The Morgan fingerprint density at radius 1 is 1.14 bits per heavy atom. The van der Waals surface area contributed by atoms with Crippen molar-refractivity contribution in [1.82, 2.24) is 9.62 Å². The first-order valence-corrected chi connectivity index (χ1v) is 12.4. The van der Waals surface area contributed by atoms with E-state index < -0.39 is 10.0 Å². The molecule has 1 aromatic rings. The third-order valence-corrected chi connectivity index (χ3v) is 8.15. The molecule has 6 heteroatoms. The van der Waals surface area contributed by atoms with Crippen molar-refractivity contribution < 1.29 is 13.2 Å². The van der Waals surface area contributed by atoms with Gasteiger partial charge in [0.25, 0.3) is 0 Å². The van der Waals surface area contributed by atoms with Crippen LogP contribution in [0.25, 0.3) is 0 Å². The van der Waals surface area contributed by atoms with E-state index in [0.29, 0.717) is 13.1 Å². The molecule has 1 N–H and O–H groups in total. The molecule has 0 radical (unpaired) electrons. The van der Waals surface area contributed by atoms with Crippen molar-refractivity contribution in [3.8, 4) is 0 Å². The van der Waals surface area contributed by atoms with Crippen LogP contribution in [0.15, 0.2) is 24.3 Å². The van der Waals surface area contributed by atoms with Crippen molar-refractivity contribution in [3.63, 3.8) is 0 Å². The molecule has 5 nitrogen and oxygen atoms in total. The summed E-state index contributed by atoms with van der Waals surface area (Å²) in [5.41, 5.74) is 2.32. The van der Waals surface area contributed by atoms with E-state index in [1.54, 1.807) is 4.31 Å². The van der Waals surface area contributed by atoms with Crippen molar-refractivity contribution in [2.75, 3.05) is 18.8 Å². The molecule has 0 aromatic heterocycles. The number of benzene rings is 1. The highest BCUT2D eigenvalue weighted by Gasteiger charge is 2.28. The second-order valence-electron chi connectivity index (χ2n) is 8.32. The monoisotopic (exact) mass is 406 g/mol. The minimum absolute atomic E-state index is 0.0211. The Hall–Kier alpha value is -1.40. The number of carbonyl (C=O) groups is 1. The molecule has 1 heterocycles. The van der Waals surface area contributed by atoms with Gasteiger partial charge in [0.1, 0.15) is 0 Å². The lowest BCUT2D eigenvalue weighted by molar-refractivity contribution is -0.126. The number of hydrogen-bond acceptors (Lipinski definition) is 3. The lowest BCUT2D eigenvalue weighted by Crippen LogP contribution is -2.41. The largest absolute Gasteiger partial charge is 0.355 e. The van der Waals surface area contributed by atoms with E-state index in [4.69, 9.17) is 0 Å². The molecule has 2 aliphatic rings. The summed E-state index contributed by atoms with van der Waals surface area (Å²) in [6.45, 7) is 3.38. The SMILES string of the molecule is CCCCC1CCC(C(=O)NCCS(=O)(=O)N2CCc3ccccc3C2)CC1. The van der Waals surface area contributed by atoms with E-state index >= 15 is 0 Å². The van der Waals surface area contributed by atoms with Crippen molar-refractivity contribution in [2.45, 2.75) is 64.8 Å². The molecular weight excluding hydrogens is 372 g/mol. The maximum Gasteiger partial charge on any atom is 0.223 e. The molecule has 0 saturated heterocycles. The summed E-state index contributed by atoms with van der Waals surface area (Å²) in [5.74, 6) is 0.842. The predicted molar refractivity (Wildman–Crippen MR) is 112 cm³/mol. The Bertz CT molecular complexity index is 755. The standard InChI is InChI=1S/C22H34N2O3S/c1-2-3-6-18-9-11-20(12-10-18)22(25)23-14-16-28(26,27)24-15-13-19-7-4-5-8-21(19)17-24/h4-5,7-8,18,20H,2-3,6,9-17H2,1H3,(H,23,25). The summed E-state index contributed by atoms with van der Waals surface area (Å²) in [4.78, 5) is 12.4. The lowest BCUT2D eigenvalue weighted by Gasteiger charge is -2.29. The van der Waals surface area contributed by atoms with Gasteiger partial charge in [-0.2, -0.15) is 4.31 Å². The Labute approximate surface area is 169 Å². The van der Waals surface area contributed by atoms with Crippen LogP contribution < -0.4 is 5.32 Å². The van der Waals surface area contributed by atoms with Crippen molar-refractivity contribution >= 4 is 15.9 Å². The first-order chi connectivity index (χ1) is 13.5. The number of hydrogen-bond donors (Lipinski definition) is 1. The topological polar surface area (TPSA) is 66.5 Å². The Balaban J connectivity index is 1.41. The van der Waals surface area contributed by atoms with Crippen LogP contribution in [0, 0.1) is 11.8 Å². The molecule has 0 atom stereocenters. The zero-order valence-corrected chi connectivity index (χ0v) is 17.8. The van der Waals surface area contributed by atoms with E-state index in [-0.39, 0.29) is 24.1 Å². The number of sulfonamides is 1. The van der Waals surface area contributed by atoms with Gasteiger partial charge in [0.2, 0.25) is 15.9 Å². The highest BCUT2D eigenvalue weighted by molar-refractivity contribution is 7.89. The molecule has 0 spiro atoms. The van der Waals surface area contributed by atoms with Gasteiger partial charge in [0.05, 0.1) is 5.75 Å². The van der Waals surface area contributed by atoms with Gasteiger partial charge >= 0.3 is 0 Å². The molecule has 1 saturated carbocycles. The molecule has 1 amide bonds. The first-order valence-electron chi connectivity index (χ1n) is 10.8. The molecule has 1 aliphatic carbocycles. The minimum atomic E-state index is -3.35. The fourth-order valence-corrected chi connectivity index (χ4v) is 5.81. The van der Waals surface area contributed by atoms with Crippen LogP contribution >= 0.6 is 0 Å². The van der Waals surface area contributed by atoms with E-state index in [1.165, 1.54) is 24.8 Å². The molecule has 3 rings (SSSR count). The predicted octanol–water partition coefficient (Wildman–Crippen LogP) is 3.49. The van der Waals surface area contributed by atoms with Crippen LogP contribution in [0.5, 0.6) is 0 Å². The zero-order valence-electron chi connectivity index (χ0n) is 17.0. The van der Waals surface area contributed by atoms with Crippen molar-refractivity contribution in [1.29, 1.82) is 0 Å². The summed E-state index contributed by atoms with van der Waals surface area (Å²) in [6.07, 6.45) is 8.68. The first kappa shape index (κ1) is 21.3.